The van der Waals surface area contributed by atoms with Crippen molar-refractivity contribution < 1.29 is 0 Å². The van der Waals surface area contributed by atoms with E-state index >= 15 is 0 Å². The van der Waals surface area contributed by atoms with Crippen LogP contribution in [0, 0.1) is 11.3 Å². The van der Waals surface area contributed by atoms with Crippen molar-refractivity contribution in [2.45, 2.75) is 39.7 Å². The molecule has 0 spiro atoms. The summed E-state index contributed by atoms with van der Waals surface area (Å²) in [7, 11) is 0. The lowest BCUT2D eigenvalue weighted by molar-refractivity contribution is 0.118. The first-order chi connectivity index (χ1) is 4.00. The summed E-state index contributed by atoms with van der Waals surface area (Å²) < 4.78 is 0. The van der Waals surface area contributed by atoms with Crippen LogP contribution in [0.3, 0.4) is 0 Å². The number of hydrogen-bond acceptors (Lipinski definition) is 1. The summed E-state index contributed by atoms with van der Waals surface area (Å²) in [6.45, 7) is 6.89. The molecule has 1 rings (SSSR count). The van der Waals surface area contributed by atoms with E-state index in [2.05, 4.69) is 20.8 Å². The summed E-state index contributed by atoms with van der Waals surface area (Å²) in [5.41, 5.74) is 6.16. The molecule has 9 heavy (non-hydrogen) atoms. The molecule has 1 saturated carbocycles. The molecular weight excluding hydrogens is 110 g/mol. The third-order valence-electron chi connectivity index (χ3n) is 2.40. The lowest BCUT2D eigenvalue weighted by Crippen LogP contribution is -2.42. The molecule has 0 heterocycles. The van der Waals surface area contributed by atoms with Crippen LogP contribution in [0.4, 0.5) is 0 Å². The molecule has 1 heteroatoms. The Morgan fingerprint density at radius 1 is 1.22 bits per heavy atom. The predicted molar refractivity (Wildman–Crippen MR) is 40.2 cm³/mol. The quantitative estimate of drug-likeness (QED) is 0.527. The molecule has 0 amide bonds. The zero-order valence-electron chi connectivity index (χ0n) is 6.65. The summed E-state index contributed by atoms with van der Waals surface area (Å²) in [5, 5.41) is 0. The average Bonchev–Trinajstić information content (AvgIpc) is 1.55. The van der Waals surface area contributed by atoms with Gasteiger partial charge in [-0.1, -0.05) is 20.8 Å². The minimum absolute atomic E-state index is 0.496. The Morgan fingerprint density at radius 3 is 1.78 bits per heavy atom. The first kappa shape index (κ1) is 7.07. The minimum Gasteiger partial charge on any atom is -0.328 e. The summed E-state index contributed by atoms with van der Waals surface area (Å²) in [6, 6.07) is 0.509. The maximum atomic E-state index is 5.67. The zero-order chi connectivity index (χ0) is 7.07. The van der Waals surface area contributed by atoms with E-state index in [1.54, 1.807) is 0 Å². The first-order valence-electron chi connectivity index (χ1n) is 3.76. The van der Waals surface area contributed by atoms with Gasteiger partial charge in [-0.15, -0.1) is 0 Å². The summed E-state index contributed by atoms with van der Waals surface area (Å²) in [4.78, 5) is 0. The Morgan fingerprint density at radius 2 is 1.67 bits per heavy atom. The zero-order valence-corrected chi connectivity index (χ0v) is 6.65. The van der Waals surface area contributed by atoms with Crippen molar-refractivity contribution >= 4 is 0 Å². The van der Waals surface area contributed by atoms with E-state index in [1.165, 1.54) is 12.8 Å². The van der Waals surface area contributed by atoms with Crippen LogP contribution in [0.15, 0.2) is 0 Å². The van der Waals surface area contributed by atoms with Crippen LogP contribution in [-0.2, 0) is 0 Å². The van der Waals surface area contributed by atoms with Gasteiger partial charge in [0.15, 0.2) is 0 Å². The van der Waals surface area contributed by atoms with Crippen LogP contribution >= 0.6 is 0 Å². The SMILES string of the molecule is CC(C)(C)[C@H]1C[C@@H](N)C1. The maximum absolute atomic E-state index is 5.67. The third-order valence-corrected chi connectivity index (χ3v) is 2.40. The number of hydrogen-bond donors (Lipinski definition) is 1. The highest BCUT2D eigenvalue weighted by molar-refractivity contribution is 4.89. The lowest BCUT2D eigenvalue weighted by Gasteiger charge is -2.41. The van der Waals surface area contributed by atoms with Gasteiger partial charge in [-0.25, -0.2) is 0 Å². The van der Waals surface area contributed by atoms with Gasteiger partial charge in [0.1, 0.15) is 0 Å². The van der Waals surface area contributed by atoms with Gasteiger partial charge < -0.3 is 5.73 Å². The molecule has 0 saturated heterocycles. The fourth-order valence-corrected chi connectivity index (χ4v) is 1.37. The fraction of sp³-hybridized carbons (Fsp3) is 1.00. The molecule has 1 fully saturated rings. The predicted octanol–water partition coefficient (Wildman–Crippen LogP) is 1.77. The highest BCUT2D eigenvalue weighted by atomic mass is 14.7. The van der Waals surface area contributed by atoms with E-state index in [1.807, 2.05) is 0 Å². The Hall–Kier alpha value is -0.0400. The van der Waals surface area contributed by atoms with Crippen LogP contribution < -0.4 is 5.73 Å². The minimum atomic E-state index is 0.496. The molecule has 0 radical (unpaired) electrons. The van der Waals surface area contributed by atoms with E-state index < -0.39 is 0 Å². The van der Waals surface area contributed by atoms with Crippen molar-refractivity contribution in [1.82, 2.24) is 0 Å². The molecule has 54 valence electrons. The van der Waals surface area contributed by atoms with Gasteiger partial charge in [-0.05, 0) is 24.2 Å². The van der Waals surface area contributed by atoms with Gasteiger partial charge in [0.05, 0.1) is 0 Å². The molecule has 0 aromatic carbocycles. The van der Waals surface area contributed by atoms with Gasteiger partial charge in [0.2, 0.25) is 0 Å². The van der Waals surface area contributed by atoms with Crippen molar-refractivity contribution in [3.05, 3.63) is 0 Å². The average molecular weight is 127 g/mol. The molecule has 1 aliphatic carbocycles. The number of nitrogens with two attached hydrogens (primary N) is 1. The van der Waals surface area contributed by atoms with Crippen molar-refractivity contribution in [3.8, 4) is 0 Å². The molecule has 0 aliphatic heterocycles. The smallest absolute Gasteiger partial charge is 0.00445 e. The van der Waals surface area contributed by atoms with Crippen LogP contribution in [0.1, 0.15) is 33.6 Å². The lowest BCUT2D eigenvalue weighted by atomic mass is 9.66. The Kier molecular flexibility index (Phi) is 1.55. The van der Waals surface area contributed by atoms with Crippen molar-refractivity contribution in [2.75, 3.05) is 0 Å². The van der Waals surface area contributed by atoms with Crippen LogP contribution in [0.5, 0.6) is 0 Å². The molecule has 0 aromatic heterocycles. The molecule has 0 aromatic rings. The summed E-state index contributed by atoms with van der Waals surface area (Å²) in [5.74, 6) is 0.882. The van der Waals surface area contributed by atoms with Gasteiger partial charge in [0, 0.05) is 6.04 Å². The Labute approximate surface area is 57.6 Å². The van der Waals surface area contributed by atoms with E-state index in [9.17, 15) is 0 Å². The van der Waals surface area contributed by atoms with Crippen molar-refractivity contribution in [3.63, 3.8) is 0 Å². The van der Waals surface area contributed by atoms with Gasteiger partial charge >= 0.3 is 0 Å². The van der Waals surface area contributed by atoms with Crippen molar-refractivity contribution in [2.24, 2.45) is 17.1 Å². The van der Waals surface area contributed by atoms with Crippen LogP contribution in [0.2, 0.25) is 0 Å². The molecule has 0 atom stereocenters. The standard InChI is InChI=1S/C8H17N/c1-8(2,3)6-4-7(9)5-6/h6-7H,4-5,9H2,1-3H3/t6-,7+. The molecular formula is C8H17N. The normalized spacial score (nSPS) is 36.0. The molecule has 1 nitrogen and oxygen atoms in total. The van der Waals surface area contributed by atoms with Crippen molar-refractivity contribution in [1.29, 1.82) is 0 Å². The molecule has 0 bridgehead atoms. The van der Waals surface area contributed by atoms with E-state index in [0.29, 0.717) is 11.5 Å². The van der Waals surface area contributed by atoms with Gasteiger partial charge in [0.25, 0.3) is 0 Å². The van der Waals surface area contributed by atoms with Crippen LogP contribution in [0.25, 0.3) is 0 Å². The van der Waals surface area contributed by atoms with E-state index in [0.717, 1.165) is 5.92 Å². The maximum Gasteiger partial charge on any atom is 0.00445 e. The fourth-order valence-electron chi connectivity index (χ4n) is 1.37. The van der Waals surface area contributed by atoms with Gasteiger partial charge in [-0.3, -0.25) is 0 Å². The number of rotatable bonds is 0. The van der Waals surface area contributed by atoms with Crippen LogP contribution in [-0.4, -0.2) is 6.04 Å². The Balaban J connectivity index is 2.32. The summed E-state index contributed by atoms with van der Waals surface area (Å²) >= 11 is 0. The van der Waals surface area contributed by atoms with Gasteiger partial charge in [-0.2, -0.15) is 0 Å². The monoisotopic (exact) mass is 127 g/mol. The van der Waals surface area contributed by atoms with E-state index in [-0.39, 0.29) is 0 Å². The first-order valence-corrected chi connectivity index (χ1v) is 3.76. The second-order valence-corrected chi connectivity index (χ2v) is 4.29. The largest absolute Gasteiger partial charge is 0.328 e. The third kappa shape index (κ3) is 1.45. The molecule has 0 unspecified atom stereocenters. The second kappa shape index (κ2) is 1.98. The highest BCUT2D eigenvalue weighted by Crippen LogP contribution is 2.40. The summed E-state index contributed by atoms with van der Waals surface area (Å²) in [6.07, 6.45) is 2.48. The molecule has 2 N–H and O–H groups in total. The highest BCUT2D eigenvalue weighted by Gasteiger charge is 2.34. The topological polar surface area (TPSA) is 26.0 Å². The molecule has 1 aliphatic rings. The second-order valence-electron chi connectivity index (χ2n) is 4.29. The van der Waals surface area contributed by atoms with E-state index in [4.69, 9.17) is 5.73 Å². The Bertz CT molecular complexity index is 95.6.